The van der Waals surface area contributed by atoms with Crippen molar-refractivity contribution in [2.45, 2.75) is 6.92 Å². The molecule has 0 spiro atoms. The van der Waals surface area contributed by atoms with Gasteiger partial charge in [-0.05, 0) is 79.2 Å². The van der Waals surface area contributed by atoms with Crippen LogP contribution in [0.3, 0.4) is 0 Å². The molecule has 8 nitrogen and oxygen atoms in total. The zero-order valence-electron chi connectivity index (χ0n) is 22.2. The number of esters is 2. The summed E-state index contributed by atoms with van der Waals surface area (Å²) in [5, 5.41) is 1.34. The average molecular weight is 583 g/mol. The number of fused-ring (bicyclic) bond motifs is 2. The van der Waals surface area contributed by atoms with E-state index in [4.69, 9.17) is 28.9 Å². The molecule has 0 amide bonds. The van der Waals surface area contributed by atoms with Crippen LogP contribution in [0.5, 0.6) is 23.0 Å². The van der Waals surface area contributed by atoms with Crippen LogP contribution < -0.4 is 18.9 Å². The van der Waals surface area contributed by atoms with E-state index >= 15 is 0 Å². The van der Waals surface area contributed by atoms with Crippen LogP contribution in [0.1, 0.15) is 26.3 Å². The summed E-state index contributed by atoms with van der Waals surface area (Å²) < 4.78 is 23.6. The Bertz CT molecular complexity index is 1810. The molecule has 4 aromatic carbocycles. The molecule has 10 heteroatoms. The van der Waals surface area contributed by atoms with Crippen LogP contribution in [0.25, 0.3) is 30.4 Å². The summed E-state index contributed by atoms with van der Waals surface area (Å²) >= 11 is 2.85. The lowest BCUT2D eigenvalue weighted by molar-refractivity contribution is 0.0723. The highest BCUT2D eigenvalue weighted by molar-refractivity contribution is 7.28. The fourth-order valence-corrected chi connectivity index (χ4v) is 6.25. The maximum Gasteiger partial charge on any atom is 0.343 e. The van der Waals surface area contributed by atoms with Crippen molar-refractivity contribution in [1.82, 2.24) is 9.97 Å². The van der Waals surface area contributed by atoms with Gasteiger partial charge in [0.2, 0.25) is 0 Å². The Hall–Kier alpha value is -4.80. The first kappa shape index (κ1) is 26.4. The highest BCUT2D eigenvalue weighted by atomic mass is 32.1. The van der Waals surface area contributed by atoms with Gasteiger partial charge in [-0.2, -0.15) is 0 Å². The van der Waals surface area contributed by atoms with Crippen LogP contribution >= 0.6 is 22.7 Å². The van der Waals surface area contributed by atoms with E-state index in [0.717, 1.165) is 20.8 Å². The lowest BCUT2D eigenvalue weighted by Crippen LogP contribution is -2.10. The van der Waals surface area contributed by atoms with Gasteiger partial charge in [0, 0.05) is 0 Å². The second-order valence-corrected chi connectivity index (χ2v) is 10.9. The van der Waals surface area contributed by atoms with Gasteiger partial charge in [0.15, 0.2) is 21.5 Å². The van der Waals surface area contributed by atoms with E-state index in [2.05, 4.69) is 0 Å². The molecule has 0 saturated heterocycles. The van der Waals surface area contributed by atoms with E-state index in [1.165, 1.54) is 22.7 Å². The number of aromatic nitrogens is 2. The van der Waals surface area contributed by atoms with Crippen molar-refractivity contribution in [3.05, 3.63) is 95.6 Å². The summed E-state index contributed by atoms with van der Waals surface area (Å²) in [6.07, 6.45) is 0. The summed E-state index contributed by atoms with van der Waals surface area (Å²) in [5.74, 6) is 0.702. The fourth-order valence-electron chi connectivity index (χ4n) is 4.16. The smallest absolute Gasteiger partial charge is 0.343 e. The zero-order chi connectivity index (χ0) is 28.5. The van der Waals surface area contributed by atoms with Gasteiger partial charge in [-0.15, -0.1) is 22.7 Å². The predicted molar refractivity (Wildman–Crippen MR) is 159 cm³/mol. The molecule has 0 atom stereocenters. The first-order valence-corrected chi connectivity index (χ1v) is 14.1. The molecule has 0 saturated carbocycles. The highest BCUT2D eigenvalue weighted by Crippen LogP contribution is 2.43. The molecule has 0 aliphatic carbocycles. The van der Waals surface area contributed by atoms with Gasteiger partial charge in [0.25, 0.3) is 0 Å². The Morgan fingerprint density at radius 2 is 1.17 bits per heavy atom. The van der Waals surface area contributed by atoms with Gasteiger partial charge < -0.3 is 18.9 Å². The first-order valence-electron chi connectivity index (χ1n) is 12.5. The maximum absolute atomic E-state index is 13.0. The van der Waals surface area contributed by atoms with Crippen LogP contribution in [0, 0.1) is 6.92 Å². The molecule has 6 rings (SSSR count). The number of thiazole rings is 2. The lowest BCUT2D eigenvalue weighted by Gasteiger charge is -2.09. The largest absolute Gasteiger partial charge is 0.497 e. The lowest BCUT2D eigenvalue weighted by atomic mass is 10.2. The standard InChI is InChI=1S/C31H22N2O6S2/c1-17-5-4-6-22-26(17)40-28(32-22)29-33-25-23(38-30(34)18-7-11-20(36-2)12-8-18)15-16-24(27(25)41-29)39-31(35)19-9-13-21(37-3)14-10-19/h4-16H,1-3H3. The summed E-state index contributed by atoms with van der Waals surface area (Å²) in [5.41, 5.74) is 3.10. The van der Waals surface area contributed by atoms with Crippen molar-refractivity contribution >= 4 is 55.0 Å². The summed E-state index contributed by atoms with van der Waals surface area (Å²) in [6, 6.07) is 22.4. The monoisotopic (exact) mass is 582 g/mol. The Balaban J connectivity index is 1.40. The van der Waals surface area contributed by atoms with Gasteiger partial charge in [-0.25, -0.2) is 19.6 Å². The maximum atomic E-state index is 13.0. The van der Waals surface area contributed by atoms with Crippen molar-refractivity contribution in [3.8, 4) is 33.0 Å². The normalized spacial score (nSPS) is 11.0. The molecular weight excluding hydrogens is 560 g/mol. The second-order valence-electron chi connectivity index (χ2n) is 8.94. The van der Waals surface area contributed by atoms with Crippen LogP contribution in [0.2, 0.25) is 0 Å². The van der Waals surface area contributed by atoms with Crippen LogP contribution in [-0.2, 0) is 0 Å². The van der Waals surface area contributed by atoms with Gasteiger partial charge in [-0.1, -0.05) is 12.1 Å². The van der Waals surface area contributed by atoms with Crippen molar-refractivity contribution in [2.24, 2.45) is 0 Å². The molecule has 0 fully saturated rings. The fraction of sp³-hybridized carbons (Fsp3) is 0.0968. The quantitative estimate of drug-likeness (QED) is 0.143. The van der Waals surface area contributed by atoms with Crippen molar-refractivity contribution in [3.63, 3.8) is 0 Å². The third-order valence-corrected chi connectivity index (χ3v) is 8.74. The van der Waals surface area contributed by atoms with Crippen LogP contribution in [-0.4, -0.2) is 36.1 Å². The molecule has 0 radical (unpaired) electrons. The Morgan fingerprint density at radius 3 is 1.76 bits per heavy atom. The third-order valence-electron chi connectivity index (χ3n) is 6.32. The number of carbonyl (C=O) groups is 2. The Labute approximate surface area is 242 Å². The molecule has 0 aliphatic rings. The highest BCUT2D eigenvalue weighted by Gasteiger charge is 2.22. The number of methoxy groups -OCH3 is 2. The van der Waals surface area contributed by atoms with Crippen molar-refractivity contribution < 1.29 is 28.5 Å². The van der Waals surface area contributed by atoms with E-state index in [1.54, 1.807) is 74.9 Å². The second kappa shape index (κ2) is 11.0. The summed E-state index contributed by atoms with van der Waals surface area (Å²) in [7, 11) is 3.11. The predicted octanol–water partition coefficient (Wildman–Crippen LogP) is 7.34. The molecular formula is C31H22N2O6S2. The summed E-state index contributed by atoms with van der Waals surface area (Å²) in [6.45, 7) is 2.04. The summed E-state index contributed by atoms with van der Waals surface area (Å²) in [4.78, 5) is 35.6. The molecule has 6 aromatic rings. The van der Waals surface area contributed by atoms with Gasteiger partial charge in [0.05, 0.1) is 35.6 Å². The van der Waals surface area contributed by atoms with E-state index < -0.39 is 11.9 Å². The average Bonchev–Trinajstić information content (AvgIpc) is 3.65. The minimum atomic E-state index is -0.554. The van der Waals surface area contributed by atoms with Crippen molar-refractivity contribution in [1.29, 1.82) is 0 Å². The molecule has 0 unspecified atom stereocenters. The Morgan fingerprint density at radius 1 is 0.634 bits per heavy atom. The van der Waals surface area contributed by atoms with Crippen molar-refractivity contribution in [2.75, 3.05) is 14.2 Å². The minimum absolute atomic E-state index is 0.241. The number of hydrogen-bond acceptors (Lipinski definition) is 10. The molecule has 0 bridgehead atoms. The van der Waals surface area contributed by atoms with E-state index in [9.17, 15) is 9.59 Å². The number of aryl methyl sites for hydroxylation is 1. The number of rotatable bonds is 7. The molecule has 41 heavy (non-hydrogen) atoms. The number of nitrogens with zero attached hydrogens (tertiary/aromatic N) is 2. The number of carbonyl (C=O) groups excluding carboxylic acids is 2. The molecule has 0 N–H and O–H groups in total. The molecule has 2 aromatic heterocycles. The SMILES string of the molecule is COc1ccc(C(=O)Oc2ccc(OC(=O)c3ccc(OC)cc3)c3sc(-c4nc5cccc(C)c5s4)nc23)cc1. The Kier molecular flexibility index (Phi) is 7.08. The minimum Gasteiger partial charge on any atom is -0.497 e. The van der Waals surface area contributed by atoms with Crippen LogP contribution in [0.4, 0.5) is 0 Å². The molecule has 204 valence electrons. The number of benzene rings is 4. The van der Waals surface area contributed by atoms with Gasteiger partial charge in [0.1, 0.15) is 21.7 Å². The number of ether oxygens (including phenoxy) is 4. The van der Waals surface area contributed by atoms with E-state index in [-0.39, 0.29) is 5.75 Å². The van der Waals surface area contributed by atoms with E-state index in [0.29, 0.717) is 43.6 Å². The first-order chi connectivity index (χ1) is 19.9. The zero-order valence-corrected chi connectivity index (χ0v) is 23.8. The van der Waals surface area contributed by atoms with E-state index in [1.807, 2.05) is 25.1 Å². The molecule has 0 aliphatic heterocycles. The molecule has 2 heterocycles. The van der Waals surface area contributed by atoms with Gasteiger partial charge in [-0.3, -0.25) is 0 Å². The topological polar surface area (TPSA) is 96.8 Å². The third kappa shape index (κ3) is 5.22. The van der Waals surface area contributed by atoms with Crippen LogP contribution in [0.15, 0.2) is 78.9 Å². The van der Waals surface area contributed by atoms with Gasteiger partial charge >= 0.3 is 11.9 Å². The number of hydrogen-bond donors (Lipinski definition) is 0.